The number of methoxy groups -OCH3 is 1. The van der Waals surface area contributed by atoms with Gasteiger partial charge in [0.15, 0.2) is 6.10 Å². The molecule has 1 N–H and O–H groups in total. The van der Waals surface area contributed by atoms with Gasteiger partial charge in [-0.3, -0.25) is 4.79 Å². The molecule has 0 saturated heterocycles. The fourth-order valence-corrected chi connectivity index (χ4v) is 1.73. The number of carbonyl (C=O) groups excluding carboxylic acids is 1. The first-order valence-corrected chi connectivity index (χ1v) is 6.69. The molecular formula is C13H17Cl2NO3. The van der Waals surface area contributed by atoms with Crippen molar-refractivity contribution in [2.24, 2.45) is 0 Å². The second-order valence-corrected chi connectivity index (χ2v) is 4.73. The minimum absolute atomic E-state index is 0.202. The second kappa shape index (κ2) is 8.25. The summed E-state index contributed by atoms with van der Waals surface area (Å²) in [4.78, 5) is 11.8. The van der Waals surface area contributed by atoms with Gasteiger partial charge < -0.3 is 14.8 Å². The Morgan fingerprint density at radius 3 is 2.84 bits per heavy atom. The smallest absolute Gasteiger partial charge is 0.260 e. The number of halogens is 2. The number of amides is 1. The molecule has 1 aromatic rings. The minimum atomic E-state index is -0.640. The van der Waals surface area contributed by atoms with Crippen LogP contribution in [0.25, 0.3) is 0 Å². The predicted octanol–water partition coefficient (Wildman–Crippen LogP) is 2.91. The fourth-order valence-electron chi connectivity index (χ4n) is 1.39. The highest BCUT2D eigenvalue weighted by molar-refractivity contribution is 6.42. The molecule has 1 rings (SSSR count). The first kappa shape index (κ1) is 16.1. The Balaban J connectivity index is 2.47. The molecule has 0 heterocycles. The van der Waals surface area contributed by atoms with Crippen LogP contribution >= 0.6 is 23.2 Å². The average molecular weight is 306 g/mol. The molecule has 0 saturated carbocycles. The molecule has 0 aromatic heterocycles. The summed E-state index contributed by atoms with van der Waals surface area (Å²) < 4.78 is 10.4. The van der Waals surface area contributed by atoms with Crippen LogP contribution in [0, 0.1) is 0 Å². The van der Waals surface area contributed by atoms with Crippen LogP contribution in [0.4, 0.5) is 0 Å². The molecule has 0 aliphatic rings. The SMILES string of the molecule is COCCCNC(=O)C(C)Oc1cccc(Cl)c1Cl. The lowest BCUT2D eigenvalue weighted by Gasteiger charge is -2.15. The number of carbonyl (C=O) groups is 1. The Hall–Kier alpha value is -0.970. The van der Waals surface area contributed by atoms with Crippen LogP contribution in [0.1, 0.15) is 13.3 Å². The second-order valence-electron chi connectivity index (χ2n) is 3.95. The number of nitrogens with one attached hydrogen (secondary N) is 1. The number of hydrogen-bond donors (Lipinski definition) is 1. The zero-order valence-electron chi connectivity index (χ0n) is 10.9. The molecular weight excluding hydrogens is 289 g/mol. The molecule has 106 valence electrons. The van der Waals surface area contributed by atoms with E-state index in [9.17, 15) is 4.79 Å². The highest BCUT2D eigenvalue weighted by Crippen LogP contribution is 2.31. The van der Waals surface area contributed by atoms with Gasteiger partial charge in [-0.05, 0) is 25.5 Å². The van der Waals surface area contributed by atoms with Crippen molar-refractivity contribution in [3.63, 3.8) is 0 Å². The highest BCUT2D eigenvalue weighted by atomic mass is 35.5. The summed E-state index contributed by atoms with van der Waals surface area (Å²) in [7, 11) is 1.62. The molecule has 6 heteroatoms. The molecule has 1 atom stereocenters. The lowest BCUT2D eigenvalue weighted by molar-refractivity contribution is -0.127. The van der Waals surface area contributed by atoms with Crippen molar-refractivity contribution >= 4 is 29.1 Å². The average Bonchev–Trinajstić information content (AvgIpc) is 2.39. The Morgan fingerprint density at radius 2 is 2.16 bits per heavy atom. The van der Waals surface area contributed by atoms with Gasteiger partial charge in [0, 0.05) is 20.3 Å². The van der Waals surface area contributed by atoms with Crippen LogP contribution < -0.4 is 10.1 Å². The summed E-state index contributed by atoms with van der Waals surface area (Å²) in [5, 5.41) is 3.46. The molecule has 1 aromatic carbocycles. The summed E-state index contributed by atoms with van der Waals surface area (Å²) in [6.45, 7) is 2.81. The quantitative estimate of drug-likeness (QED) is 0.788. The Morgan fingerprint density at radius 1 is 1.42 bits per heavy atom. The molecule has 4 nitrogen and oxygen atoms in total. The van der Waals surface area contributed by atoms with Crippen molar-refractivity contribution in [3.05, 3.63) is 28.2 Å². The zero-order valence-corrected chi connectivity index (χ0v) is 12.4. The molecule has 19 heavy (non-hydrogen) atoms. The van der Waals surface area contributed by atoms with Crippen LogP contribution in [0.15, 0.2) is 18.2 Å². The van der Waals surface area contributed by atoms with Gasteiger partial charge >= 0.3 is 0 Å². The van der Waals surface area contributed by atoms with E-state index in [1.54, 1.807) is 32.2 Å². The van der Waals surface area contributed by atoms with E-state index >= 15 is 0 Å². The number of hydrogen-bond acceptors (Lipinski definition) is 3. The lowest BCUT2D eigenvalue weighted by atomic mass is 10.3. The Labute approximate surface area is 123 Å². The van der Waals surface area contributed by atoms with Crippen molar-refractivity contribution in [2.75, 3.05) is 20.3 Å². The van der Waals surface area contributed by atoms with Crippen molar-refractivity contribution in [1.29, 1.82) is 0 Å². The maximum absolute atomic E-state index is 11.8. The molecule has 0 fully saturated rings. The van der Waals surface area contributed by atoms with E-state index in [4.69, 9.17) is 32.7 Å². The van der Waals surface area contributed by atoms with Gasteiger partial charge in [0.2, 0.25) is 0 Å². The van der Waals surface area contributed by atoms with Gasteiger partial charge in [-0.15, -0.1) is 0 Å². The molecule has 1 amide bonds. The van der Waals surface area contributed by atoms with E-state index in [0.29, 0.717) is 28.9 Å². The van der Waals surface area contributed by atoms with E-state index in [0.717, 1.165) is 6.42 Å². The van der Waals surface area contributed by atoms with Gasteiger partial charge in [-0.25, -0.2) is 0 Å². The molecule has 0 spiro atoms. The van der Waals surface area contributed by atoms with Crippen LogP contribution in [0.5, 0.6) is 5.75 Å². The van der Waals surface area contributed by atoms with Crippen LogP contribution in [0.2, 0.25) is 10.0 Å². The van der Waals surface area contributed by atoms with Gasteiger partial charge in [0.05, 0.1) is 5.02 Å². The number of ether oxygens (including phenoxy) is 2. The van der Waals surface area contributed by atoms with Crippen molar-refractivity contribution in [2.45, 2.75) is 19.4 Å². The summed E-state index contributed by atoms with van der Waals surface area (Å²) >= 11 is 11.9. The van der Waals surface area contributed by atoms with E-state index in [1.165, 1.54) is 0 Å². The van der Waals surface area contributed by atoms with E-state index in [-0.39, 0.29) is 5.91 Å². The van der Waals surface area contributed by atoms with E-state index < -0.39 is 6.10 Å². The minimum Gasteiger partial charge on any atom is -0.479 e. The maximum atomic E-state index is 11.8. The maximum Gasteiger partial charge on any atom is 0.260 e. The molecule has 0 aliphatic heterocycles. The largest absolute Gasteiger partial charge is 0.479 e. The summed E-state index contributed by atoms with van der Waals surface area (Å²) in [6.07, 6.45) is 0.117. The number of rotatable bonds is 7. The van der Waals surface area contributed by atoms with Gasteiger partial charge in [-0.2, -0.15) is 0 Å². The van der Waals surface area contributed by atoms with Gasteiger partial charge in [-0.1, -0.05) is 29.3 Å². The third-order valence-electron chi connectivity index (χ3n) is 2.41. The topological polar surface area (TPSA) is 47.6 Å². The lowest BCUT2D eigenvalue weighted by Crippen LogP contribution is -2.37. The third-order valence-corrected chi connectivity index (χ3v) is 3.22. The van der Waals surface area contributed by atoms with Gasteiger partial charge in [0.25, 0.3) is 5.91 Å². The molecule has 0 aliphatic carbocycles. The molecule has 0 radical (unpaired) electrons. The normalized spacial score (nSPS) is 12.0. The van der Waals surface area contributed by atoms with Crippen molar-refractivity contribution < 1.29 is 14.3 Å². The monoisotopic (exact) mass is 305 g/mol. The molecule has 1 unspecified atom stereocenters. The summed E-state index contributed by atoms with van der Waals surface area (Å²) in [5.41, 5.74) is 0. The Bertz CT molecular complexity index is 426. The van der Waals surface area contributed by atoms with E-state index in [1.807, 2.05) is 0 Å². The zero-order chi connectivity index (χ0) is 14.3. The third kappa shape index (κ3) is 5.27. The highest BCUT2D eigenvalue weighted by Gasteiger charge is 2.16. The van der Waals surface area contributed by atoms with E-state index in [2.05, 4.69) is 5.32 Å². The first-order valence-electron chi connectivity index (χ1n) is 5.93. The van der Waals surface area contributed by atoms with Crippen molar-refractivity contribution in [1.82, 2.24) is 5.32 Å². The van der Waals surface area contributed by atoms with Crippen LogP contribution in [-0.4, -0.2) is 32.3 Å². The number of benzene rings is 1. The summed E-state index contributed by atoms with van der Waals surface area (Å²) in [6, 6.07) is 5.04. The predicted molar refractivity (Wildman–Crippen MR) is 76.1 cm³/mol. The summed E-state index contributed by atoms with van der Waals surface area (Å²) in [5.74, 6) is 0.195. The van der Waals surface area contributed by atoms with Gasteiger partial charge in [0.1, 0.15) is 10.8 Å². The fraction of sp³-hybridized carbons (Fsp3) is 0.462. The van der Waals surface area contributed by atoms with Crippen LogP contribution in [0.3, 0.4) is 0 Å². The molecule has 0 bridgehead atoms. The first-order chi connectivity index (χ1) is 9.06. The standard InChI is InChI=1S/C13H17Cl2NO3/c1-9(13(17)16-7-4-8-18-2)19-11-6-3-5-10(14)12(11)15/h3,5-6,9H,4,7-8H2,1-2H3,(H,16,17). The Kier molecular flexibility index (Phi) is 6.99. The van der Waals surface area contributed by atoms with Crippen LogP contribution in [-0.2, 0) is 9.53 Å². The van der Waals surface area contributed by atoms with Crippen molar-refractivity contribution in [3.8, 4) is 5.75 Å².